The second-order valence-electron chi connectivity index (χ2n) is 12.8. The van der Waals surface area contributed by atoms with Gasteiger partial charge in [0.2, 0.25) is 0 Å². The van der Waals surface area contributed by atoms with Gasteiger partial charge in [-0.15, -0.1) is 22.7 Å². The van der Waals surface area contributed by atoms with E-state index < -0.39 is 0 Å². The highest BCUT2D eigenvalue weighted by atomic mass is 32.1. The molecule has 0 N–H and O–H groups in total. The molecule has 0 amide bonds. The quantitative estimate of drug-likeness (QED) is 0.185. The third kappa shape index (κ3) is 4.34. The third-order valence-electron chi connectivity index (χ3n) is 9.87. The molecule has 11 aromatic rings. The molecule has 51 heavy (non-hydrogen) atoms. The molecular formula is C45H26N4S2. The summed E-state index contributed by atoms with van der Waals surface area (Å²) in [7, 11) is 0. The van der Waals surface area contributed by atoms with Gasteiger partial charge in [-0.05, 0) is 30.3 Å². The minimum atomic E-state index is 0.669. The van der Waals surface area contributed by atoms with Crippen molar-refractivity contribution in [3.8, 4) is 39.9 Å². The smallest absolute Gasteiger partial charge is 0.165 e. The molecule has 0 aliphatic rings. The van der Waals surface area contributed by atoms with Crippen molar-refractivity contribution < 1.29 is 0 Å². The van der Waals surface area contributed by atoms with Crippen LogP contribution in [-0.4, -0.2) is 19.5 Å². The second kappa shape index (κ2) is 11.2. The number of benzene rings is 7. The van der Waals surface area contributed by atoms with Crippen LogP contribution in [0, 0.1) is 0 Å². The Bertz CT molecular complexity index is 3030. The number of aromatic nitrogens is 4. The molecule has 4 nitrogen and oxygen atoms in total. The van der Waals surface area contributed by atoms with E-state index in [2.05, 4.69) is 126 Å². The van der Waals surface area contributed by atoms with Crippen LogP contribution in [0.1, 0.15) is 0 Å². The first kappa shape index (κ1) is 28.6. The van der Waals surface area contributed by atoms with Crippen LogP contribution in [0.2, 0.25) is 0 Å². The standard InChI is InChI=1S/C45H26N4S2/c1-3-13-27(14-4-1)43-46-44(28-15-5-2-6-16-28)48-45(47-43)34-20-11-19-31-32-25-26-33-39-37(23-12-24-38(39)50-42(33)41(32)51-40(31)34)49-35-21-9-7-17-29(35)30-18-8-10-22-36(30)49/h1-26H. The summed E-state index contributed by atoms with van der Waals surface area (Å²) in [4.78, 5) is 15.1. The zero-order valence-corrected chi connectivity index (χ0v) is 28.7. The van der Waals surface area contributed by atoms with Crippen LogP contribution < -0.4 is 0 Å². The SMILES string of the molecule is c1ccc(-c2nc(-c3ccccc3)nc(-c3cccc4c3sc3c4ccc4c3sc3cccc(-n5c6ccccc6c6ccccc65)c34)n2)cc1. The predicted molar refractivity (Wildman–Crippen MR) is 216 cm³/mol. The van der Waals surface area contributed by atoms with E-state index >= 15 is 0 Å². The molecule has 7 aromatic carbocycles. The minimum absolute atomic E-state index is 0.669. The first-order chi connectivity index (χ1) is 25.3. The molecule has 0 unspecified atom stereocenters. The van der Waals surface area contributed by atoms with E-state index in [9.17, 15) is 0 Å². The molecule has 0 bridgehead atoms. The van der Waals surface area contributed by atoms with Crippen molar-refractivity contribution in [1.82, 2.24) is 19.5 Å². The molecule has 0 saturated carbocycles. The summed E-state index contributed by atoms with van der Waals surface area (Å²) < 4.78 is 7.52. The lowest BCUT2D eigenvalue weighted by Gasteiger charge is -2.10. The van der Waals surface area contributed by atoms with Gasteiger partial charge in [0.05, 0.1) is 26.1 Å². The molecule has 0 saturated heterocycles. The van der Waals surface area contributed by atoms with Crippen LogP contribution in [0.4, 0.5) is 0 Å². The lowest BCUT2D eigenvalue weighted by atomic mass is 10.1. The predicted octanol–water partition coefficient (Wildman–Crippen LogP) is 12.7. The lowest BCUT2D eigenvalue weighted by molar-refractivity contribution is 1.08. The molecule has 238 valence electrons. The average molecular weight is 687 g/mol. The fraction of sp³-hybridized carbons (Fsp3) is 0. The Labute approximate surface area is 300 Å². The fourth-order valence-electron chi connectivity index (χ4n) is 7.59. The number of thiophene rings is 2. The van der Waals surface area contributed by atoms with Gasteiger partial charge < -0.3 is 4.57 Å². The monoisotopic (exact) mass is 686 g/mol. The van der Waals surface area contributed by atoms with Crippen LogP contribution >= 0.6 is 22.7 Å². The maximum atomic E-state index is 5.09. The van der Waals surface area contributed by atoms with Gasteiger partial charge in [-0.2, -0.15) is 0 Å². The zero-order chi connectivity index (χ0) is 33.5. The van der Waals surface area contributed by atoms with Crippen LogP contribution in [-0.2, 0) is 0 Å². The van der Waals surface area contributed by atoms with E-state index in [1.54, 1.807) is 0 Å². The number of fused-ring (bicyclic) bond motifs is 10. The van der Waals surface area contributed by atoms with Gasteiger partial charge in [-0.3, -0.25) is 0 Å². The highest BCUT2D eigenvalue weighted by molar-refractivity contribution is 7.33. The van der Waals surface area contributed by atoms with Crippen LogP contribution in [0.25, 0.3) is 102 Å². The van der Waals surface area contributed by atoms with Gasteiger partial charge in [0.1, 0.15) is 0 Å². The Hall–Kier alpha value is -6.21. The number of rotatable bonds is 4. The highest BCUT2D eigenvalue weighted by Gasteiger charge is 2.21. The van der Waals surface area contributed by atoms with E-state index in [0.717, 1.165) is 16.7 Å². The Morgan fingerprint density at radius 1 is 0.373 bits per heavy atom. The number of hydrogen-bond acceptors (Lipinski definition) is 5. The van der Waals surface area contributed by atoms with Gasteiger partial charge in [-0.25, -0.2) is 15.0 Å². The maximum absolute atomic E-state index is 5.09. The molecular weight excluding hydrogens is 661 g/mol. The largest absolute Gasteiger partial charge is 0.309 e. The summed E-state index contributed by atoms with van der Waals surface area (Å²) in [6.45, 7) is 0. The maximum Gasteiger partial charge on any atom is 0.165 e. The summed E-state index contributed by atoms with van der Waals surface area (Å²) in [6, 6.07) is 55.7. The molecule has 11 rings (SSSR count). The van der Waals surface area contributed by atoms with Gasteiger partial charge in [0.25, 0.3) is 0 Å². The van der Waals surface area contributed by atoms with Crippen molar-refractivity contribution in [2.75, 3.05) is 0 Å². The van der Waals surface area contributed by atoms with Crippen molar-refractivity contribution in [3.05, 3.63) is 158 Å². The van der Waals surface area contributed by atoms with Crippen molar-refractivity contribution in [1.29, 1.82) is 0 Å². The molecule has 0 spiro atoms. The summed E-state index contributed by atoms with van der Waals surface area (Å²) >= 11 is 3.73. The van der Waals surface area contributed by atoms with E-state index in [0.29, 0.717) is 17.5 Å². The molecule has 6 heteroatoms. The van der Waals surface area contributed by atoms with Gasteiger partial charge in [0, 0.05) is 58.4 Å². The van der Waals surface area contributed by atoms with Crippen LogP contribution in [0.3, 0.4) is 0 Å². The topological polar surface area (TPSA) is 43.6 Å². The first-order valence-corrected chi connectivity index (χ1v) is 18.6. The summed E-state index contributed by atoms with van der Waals surface area (Å²) in [6.07, 6.45) is 0. The Morgan fingerprint density at radius 2 is 0.902 bits per heavy atom. The van der Waals surface area contributed by atoms with Crippen molar-refractivity contribution in [2.45, 2.75) is 0 Å². The normalized spacial score (nSPS) is 11.9. The molecule has 0 aliphatic heterocycles. The molecule has 0 aliphatic carbocycles. The van der Waals surface area contributed by atoms with Gasteiger partial charge in [-0.1, -0.05) is 127 Å². The third-order valence-corrected chi connectivity index (χ3v) is 12.5. The van der Waals surface area contributed by atoms with E-state index in [1.807, 2.05) is 59.1 Å². The van der Waals surface area contributed by atoms with E-state index in [-0.39, 0.29) is 0 Å². The van der Waals surface area contributed by atoms with Crippen LogP contribution in [0.15, 0.2) is 158 Å². The molecule has 0 fully saturated rings. The Morgan fingerprint density at radius 3 is 1.59 bits per heavy atom. The van der Waals surface area contributed by atoms with E-state index in [1.165, 1.54) is 67.8 Å². The average Bonchev–Trinajstić information content (AvgIpc) is 3.88. The molecule has 4 aromatic heterocycles. The molecule has 0 radical (unpaired) electrons. The Balaban J connectivity index is 1.16. The second-order valence-corrected chi connectivity index (χ2v) is 14.8. The number of nitrogens with zero attached hydrogens (tertiary/aromatic N) is 4. The van der Waals surface area contributed by atoms with Crippen molar-refractivity contribution in [3.63, 3.8) is 0 Å². The summed E-state index contributed by atoms with van der Waals surface area (Å²) in [5, 5.41) is 7.60. The van der Waals surface area contributed by atoms with Gasteiger partial charge >= 0.3 is 0 Å². The molecule has 4 heterocycles. The summed E-state index contributed by atoms with van der Waals surface area (Å²) in [5.74, 6) is 2.02. The number of hydrogen-bond donors (Lipinski definition) is 0. The van der Waals surface area contributed by atoms with Gasteiger partial charge in [0.15, 0.2) is 17.5 Å². The Kier molecular flexibility index (Phi) is 6.26. The summed E-state index contributed by atoms with van der Waals surface area (Å²) in [5.41, 5.74) is 6.61. The van der Waals surface area contributed by atoms with Crippen LogP contribution in [0.5, 0.6) is 0 Å². The highest BCUT2D eigenvalue weighted by Crippen LogP contribution is 2.48. The minimum Gasteiger partial charge on any atom is -0.309 e. The zero-order valence-electron chi connectivity index (χ0n) is 27.1. The van der Waals surface area contributed by atoms with E-state index in [4.69, 9.17) is 15.0 Å². The first-order valence-electron chi connectivity index (χ1n) is 17.0. The fourth-order valence-corrected chi connectivity index (χ4v) is 10.3. The van der Waals surface area contributed by atoms with Crippen molar-refractivity contribution in [2.24, 2.45) is 0 Å². The molecule has 0 atom stereocenters. The van der Waals surface area contributed by atoms with Crippen molar-refractivity contribution >= 4 is 84.8 Å². The lowest BCUT2D eigenvalue weighted by Crippen LogP contribution is -2.00. The number of para-hydroxylation sites is 2.